The summed E-state index contributed by atoms with van der Waals surface area (Å²) < 4.78 is 10.7. The molecular formula is C12H15NO3. The predicted octanol–water partition coefficient (Wildman–Crippen LogP) is 1.87. The van der Waals surface area contributed by atoms with Gasteiger partial charge in [0.25, 0.3) is 0 Å². The van der Waals surface area contributed by atoms with E-state index in [1.165, 1.54) is 0 Å². The molecule has 0 saturated carbocycles. The summed E-state index contributed by atoms with van der Waals surface area (Å²) >= 11 is 0. The molecule has 4 heteroatoms. The van der Waals surface area contributed by atoms with Gasteiger partial charge in [-0.25, -0.2) is 0 Å². The van der Waals surface area contributed by atoms with Crippen LogP contribution in [0, 0.1) is 11.3 Å². The molecule has 4 nitrogen and oxygen atoms in total. The fraction of sp³-hybridized carbons (Fsp3) is 0.417. The largest absolute Gasteiger partial charge is 0.493 e. The lowest BCUT2D eigenvalue weighted by atomic mass is 10.2. The Balaban J connectivity index is 2.71. The molecular weight excluding hydrogens is 206 g/mol. The number of methoxy groups -OCH3 is 1. The van der Waals surface area contributed by atoms with E-state index in [9.17, 15) is 0 Å². The van der Waals surface area contributed by atoms with Crippen LogP contribution in [0.4, 0.5) is 0 Å². The van der Waals surface area contributed by atoms with Crippen LogP contribution in [0.1, 0.15) is 18.4 Å². The van der Waals surface area contributed by atoms with Gasteiger partial charge in [0.1, 0.15) is 0 Å². The standard InChI is InChI=1S/C12H15NO3/c1-15-11-6-4-5-10(9-14)12(11)16-8-3-2-7-13/h4-6,14H,2-3,8-9H2,1H3. The highest BCUT2D eigenvalue weighted by Crippen LogP contribution is 2.31. The Morgan fingerprint density at radius 1 is 1.44 bits per heavy atom. The van der Waals surface area contributed by atoms with E-state index in [1.807, 2.05) is 0 Å². The number of ether oxygens (including phenoxy) is 2. The van der Waals surface area contributed by atoms with Gasteiger partial charge in [0.05, 0.1) is 26.4 Å². The lowest BCUT2D eigenvalue weighted by Gasteiger charge is -2.13. The third-order valence-electron chi connectivity index (χ3n) is 2.13. The van der Waals surface area contributed by atoms with Gasteiger partial charge < -0.3 is 14.6 Å². The topological polar surface area (TPSA) is 62.5 Å². The van der Waals surface area contributed by atoms with Gasteiger partial charge >= 0.3 is 0 Å². The minimum atomic E-state index is -0.0925. The molecule has 0 spiro atoms. The molecule has 0 amide bonds. The molecule has 0 aliphatic carbocycles. The summed E-state index contributed by atoms with van der Waals surface area (Å²) in [6.07, 6.45) is 1.13. The second-order valence-corrected chi connectivity index (χ2v) is 3.22. The second-order valence-electron chi connectivity index (χ2n) is 3.22. The van der Waals surface area contributed by atoms with Gasteiger partial charge in [0, 0.05) is 12.0 Å². The van der Waals surface area contributed by atoms with Gasteiger partial charge in [-0.1, -0.05) is 12.1 Å². The molecule has 0 aromatic heterocycles. The van der Waals surface area contributed by atoms with E-state index in [0.717, 1.165) is 0 Å². The van der Waals surface area contributed by atoms with Crippen molar-refractivity contribution in [3.05, 3.63) is 23.8 Å². The first-order valence-electron chi connectivity index (χ1n) is 5.10. The average molecular weight is 221 g/mol. The normalized spacial score (nSPS) is 9.56. The maximum absolute atomic E-state index is 9.15. The number of para-hydroxylation sites is 1. The fourth-order valence-corrected chi connectivity index (χ4v) is 1.34. The van der Waals surface area contributed by atoms with Gasteiger partial charge in [0.2, 0.25) is 0 Å². The number of rotatable bonds is 6. The van der Waals surface area contributed by atoms with Gasteiger partial charge in [-0.2, -0.15) is 5.26 Å². The Morgan fingerprint density at radius 2 is 2.25 bits per heavy atom. The number of hydrogen-bond acceptors (Lipinski definition) is 4. The molecule has 86 valence electrons. The Kier molecular flexibility index (Phi) is 5.17. The van der Waals surface area contributed by atoms with E-state index in [0.29, 0.717) is 36.5 Å². The highest BCUT2D eigenvalue weighted by molar-refractivity contribution is 5.46. The van der Waals surface area contributed by atoms with E-state index in [4.69, 9.17) is 19.8 Å². The van der Waals surface area contributed by atoms with Crippen LogP contribution in [0.5, 0.6) is 11.5 Å². The molecule has 1 aromatic carbocycles. The summed E-state index contributed by atoms with van der Waals surface area (Å²) in [5.74, 6) is 1.16. The third kappa shape index (κ3) is 3.14. The van der Waals surface area contributed by atoms with Crippen molar-refractivity contribution >= 4 is 0 Å². The second kappa shape index (κ2) is 6.70. The highest BCUT2D eigenvalue weighted by Gasteiger charge is 2.09. The van der Waals surface area contributed by atoms with Crippen LogP contribution < -0.4 is 9.47 Å². The molecule has 0 atom stereocenters. The number of aliphatic hydroxyl groups excluding tert-OH is 1. The SMILES string of the molecule is COc1cccc(CO)c1OCCCC#N. The van der Waals surface area contributed by atoms with Gasteiger partial charge in [-0.3, -0.25) is 0 Å². The zero-order valence-electron chi connectivity index (χ0n) is 9.27. The van der Waals surface area contributed by atoms with Crippen molar-refractivity contribution in [3.8, 4) is 17.6 Å². The summed E-state index contributed by atoms with van der Waals surface area (Å²) in [7, 11) is 1.55. The van der Waals surface area contributed by atoms with Gasteiger partial charge in [-0.15, -0.1) is 0 Å². The number of benzene rings is 1. The molecule has 1 aromatic rings. The van der Waals surface area contributed by atoms with Crippen molar-refractivity contribution in [2.75, 3.05) is 13.7 Å². The van der Waals surface area contributed by atoms with Crippen molar-refractivity contribution in [1.82, 2.24) is 0 Å². The van der Waals surface area contributed by atoms with Crippen molar-refractivity contribution in [1.29, 1.82) is 5.26 Å². The van der Waals surface area contributed by atoms with Crippen LogP contribution >= 0.6 is 0 Å². The molecule has 0 aliphatic rings. The summed E-state index contributed by atoms with van der Waals surface area (Å²) in [6, 6.07) is 7.41. The van der Waals surface area contributed by atoms with E-state index < -0.39 is 0 Å². The van der Waals surface area contributed by atoms with E-state index in [-0.39, 0.29) is 6.61 Å². The predicted molar refractivity (Wildman–Crippen MR) is 59.3 cm³/mol. The van der Waals surface area contributed by atoms with Crippen molar-refractivity contribution in [2.45, 2.75) is 19.4 Å². The Labute approximate surface area is 95.0 Å². The third-order valence-corrected chi connectivity index (χ3v) is 2.13. The first-order valence-corrected chi connectivity index (χ1v) is 5.10. The molecule has 1 N–H and O–H groups in total. The van der Waals surface area contributed by atoms with E-state index in [1.54, 1.807) is 25.3 Å². The van der Waals surface area contributed by atoms with Gasteiger partial charge in [0.15, 0.2) is 11.5 Å². The van der Waals surface area contributed by atoms with Crippen molar-refractivity contribution in [2.24, 2.45) is 0 Å². The Bertz CT molecular complexity index is 349. The van der Waals surface area contributed by atoms with Crippen LogP contribution in [-0.4, -0.2) is 18.8 Å². The average Bonchev–Trinajstić information content (AvgIpc) is 2.34. The van der Waals surface area contributed by atoms with Crippen LogP contribution in [0.2, 0.25) is 0 Å². The number of nitrogens with zero attached hydrogens (tertiary/aromatic N) is 1. The van der Waals surface area contributed by atoms with Crippen LogP contribution in [-0.2, 0) is 6.61 Å². The molecule has 0 unspecified atom stereocenters. The number of aliphatic hydroxyl groups is 1. The lowest BCUT2D eigenvalue weighted by Crippen LogP contribution is -2.02. The minimum absolute atomic E-state index is 0.0925. The molecule has 0 bridgehead atoms. The highest BCUT2D eigenvalue weighted by atomic mass is 16.5. The molecule has 0 saturated heterocycles. The summed E-state index contributed by atoms with van der Waals surface area (Å²) in [6.45, 7) is 0.353. The fourth-order valence-electron chi connectivity index (χ4n) is 1.34. The molecule has 16 heavy (non-hydrogen) atoms. The van der Waals surface area contributed by atoms with E-state index in [2.05, 4.69) is 6.07 Å². The van der Waals surface area contributed by atoms with Crippen LogP contribution in [0.3, 0.4) is 0 Å². The quantitative estimate of drug-likeness (QED) is 0.745. The molecule has 0 heterocycles. The maximum atomic E-state index is 9.15. The first kappa shape index (κ1) is 12.3. The van der Waals surface area contributed by atoms with Crippen molar-refractivity contribution < 1.29 is 14.6 Å². The maximum Gasteiger partial charge on any atom is 0.166 e. The zero-order chi connectivity index (χ0) is 11.8. The number of unbranched alkanes of at least 4 members (excludes halogenated alkanes) is 1. The monoisotopic (exact) mass is 221 g/mol. The van der Waals surface area contributed by atoms with Crippen LogP contribution in [0.15, 0.2) is 18.2 Å². The Morgan fingerprint density at radius 3 is 2.88 bits per heavy atom. The number of nitriles is 1. The minimum Gasteiger partial charge on any atom is -0.493 e. The molecule has 0 aliphatic heterocycles. The molecule has 0 fully saturated rings. The number of hydrogen-bond donors (Lipinski definition) is 1. The molecule has 0 radical (unpaired) electrons. The lowest BCUT2D eigenvalue weighted by molar-refractivity contribution is 0.253. The van der Waals surface area contributed by atoms with Gasteiger partial charge in [-0.05, 0) is 12.5 Å². The van der Waals surface area contributed by atoms with Crippen LogP contribution in [0.25, 0.3) is 0 Å². The van der Waals surface area contributed by atoms with E-state index >= 15 is 0 Å². The summed E-state index contributed by atoms with van der Waals surface area (Å²) in [4.78, 5) is 0. The Hall–Kier alpha value is -1.73. The summed E-state index contributed by atoms with van der Waals surface area (Å²) in [5, 5.41) is 17.5. The molecule has 1 rings (SSSR count). The smallest absolute Gasteiger partial charge is 0.166 e. The summed E-state index contributed by atoms with van der Waals surface area (Å²) in [5.41, 5.74) is 0.691. The zero-order valence-corrected chi connectivity index (χ0v) is 9.27. The first-order chi connectivity index (χ1) is 7.83. The van der Waals surface area contributed by atoms with Crippen molar-refractivity contribution in [3.63, 3.8) is 0 Å².